The van der Waals surface area contributed by atoms with Crippen LogP contribution >= 0.6 is 19.6 Å². The van der Waals surface area contributed by atoms with E-state index in [1.165, 1.54) is 0 Å². The summed E-state index contributed by atoms with van der Waals surface area (Å²) in [4.78, 5) is 40.8. The van der Waals surface area contributed by atoms with Crippen LogP contribution in [0.1, 0.15) is 32.1 Å². The summed E-state index contributed by atoms with van der Waals surface area (Å²) in [6, 6.07) is 0.383. The zero-order chi connectivity index (χ0) is 27.6. The lowest BCUT2D eigenvalue weighted by atomic mass is 10.0. The van der Waals surface area contributed by atoms with Crippen LogP contribution in [0.15, 0.2) is 0 Å². The van der Waals surface area contributed by atoms with Crippen LogP contribution < -0.4 is 16.0 Å². The maximum Gasteiger partial charge on any atom is 0.470 e. The van der Waals surface area contributed by atoms with Crippen LogP contribution in [0.5, 0.6) is 0 Å². The van der Waals surface area contributed by atoms with E-state index in [2.05, 4.69) is 20.5 Å². The molecule has 6 N–H and O–H groups in total. The van der Waals surface area contributed by atoms with E-state index in [0.717, 1.165) is 31.4 Å². The molecule has 0 bridgehead atoms. The molecule has 2 rings (SSSR count). The third-order valence-corrected chi connectivity index (χ3v) is 7.86. The number of carbonyl (C=O) groups is 2. The van der Waals surface area contributed by atoms with E-state index < -0.39 is 20.5 Å². The highest BCUT2D eigenvalue weighted by Crippen LogP contribution is 2.37. The van der Waals surface area contributed by atoms with Gasteiger partial charge in [-0.15, -0.1) is 0 Å². The summed E-state index contributed by atoms with van der Waals surface area (Å²) in [5.74, 6) is 1.00. The number of phosphoric acid groups is 1. The van der Waals surface area contributed by atoms with Gasteiger partial charge in [0, 0.05) is 30.6 Å². The van der Waals surface area contributed by atoms with Crippen LogP contribution in [0.4, 0.5) is 4.79 Å². The Kier molecular flexibility index (Phi) is 16.7. The zero-order valence-electron chi connectivity index (χ0n) is 21.6. The highest BCUT2D eigenvalue weighted by atomic mass is 32.2. The first-order valence-corrected chi connectivity index (χ1v) is 15.5. The maximum absolute atomic E-state index is 12.0. The lowest BCUT2D eigenvalue weighted by molar-refractivity contribution is -0.121. The fourth-order valence-electron chi connectivity index (χ4n) is 3.95. The van der Waals surface area contributed by atoms with Gasteiger partial charge in [0.2, 0.25) is 5.91 Å². The number of unbranched alkanes of at least 4 members (excludes halogenated alkanes) is 1. The molecular formula is C22H42N3O11PS. The number of aliphatic hydroxyl groups excluding tert-OH is 1. The van der Waals surface area contributed by atoms with Gasteiger partial charge < -0.3 is 49.8 Å². The van der Waals surface area contributed by atoms with Crippen molar-refractivity contribution in [2.75, 3.05) is 71.8 Å². The minimum absolute atomic E-state index is 0.0502. The molecule has 3 amide bonds. The fraction of sp³-hybridized carbons (Fsp3) is 0.909. The SMILES string of the molecule is O=C(CCCCC1SCC2NC(=O)NC21)NCCCOCCOCCOCCOCC(CO)OP(=O)(O)O. The van der Waals surface area contributed by atoms with Crippen LogP contribution in [0, 0.1) is 0 Å². The molecule has 222 valence electrons. The number of fused-ring (bicyclic) bond motifs is 1. The molecular weight excluding hydrogens is 545 g/mol. The molecule has 2 fully saturated rings. The summed E-state index contributed by atoms with van der Waals surface area (Å²) in [5, 5.41) is 18.2. The van der Waals surface area contributed by atoms with Gasteiger partial charge in [-0.1, -0.05) is 6.42 Å². The Morgan fingerprint density at radius 3 is 2.32 bits per heavy atom. The molecule has 0 saturated carbocycles. The predicted octanol–water partition coefficient (Wildman–Crippen LogP) is -0.245. The predicted molar refractivity (Wildman–Crippen MR) is 139 cm³/mol. The average molecular weight is 588 g/mol. The molecule has 2 heterocycles. The smallest absolute Gasteiger partial charge is 0.394 e. The van der Waals surface area contributed by atoms with Crippen molar-refractivity contribution in [2.24, 2.45) is 0 Å². The lowest BCUT2D eigenvalue weighted by Gasteiger charge is -2.16. The molecule has 2 aliphatic heterocycles. The Bertz CT molecular complexity index is 733. The minimum Gasteiger partial charge on any atom is -0.394 e. The molecule has 4 unspecified atom stereocenters. The first kappa shape index (κ1) is 33.2. The summed E-state index contributed by atoms with van der Waals surface area (Å²) >= 11 is 1.89. The van der Waals surface area contributed by atoms with Crippen LogP contribution in [0.25, 0.3) is 0 Å². The van der Waals surface area contributed by atoms with Gasteiger partial charge in [0.1, 0.15) is 6.10 Å². The number of ether oxygens (including phenoxy) is 4. The summed E-state index contributed by atoms with van der Waals surface area (Å²) < 4.78 is 36.4. The van der Waals surface area contributed by atoms with Crippen molar-refractivity contribution in [1.82, 2.24) is 16.0 Å². The van der Waals surface area contributed by atoms with Gasteiger partial charge in [-0.2, -0.15) is 11.8 Å². The van der Waals surface area contributed by atoms with Gasteiger partial charge in [0.05, 0.1) is 64.9 Å². The van der Waals surface area contributed by atoms with E-state index >= 15 is 0 Å². The van der Waals surface area contributed by atoms with Gasteiger partial charge in [-0.05, 0) is 19.3 Å². The van der Waals surface area contributed by atoms with Crippen LogP contribution in [-0.2, 0) is 32.8 Å². The topological polar surface area (TPSA) is 194 Å². The summed E-state index contributed by atoms with van der Waals surface area (Å²) in [5.41, 5.74) is 0. The van der Waals surface area contributed by atoms with Gasteiger partial charge in [0.25, 0.3) is 0 Å². The maximum atomic E-state index is 12.0. The second-order valence-corrected chi connectivity index (χ2v) is 11.3. The number of nitrogens with one attached hydrogen (secondary N) is 3. The molecule has 0 aromatic heterocycles. The van der Waals surface area contributed by atoms with Crippen molar-refractivity contribution >= 4 is 31.5 Å². The number of aliphatic hydroxyl groups is 1. The van der Waals surface area contributed by atoms with E-state index in [1.807, 2.05) is 11.8 Å². The Hall–Kier alpha value is -1.00. The van der Waals surface area contributed by atoms with Crippen molar-refractivity contribution in [3.8, 4) is 0 Å². The van der Waals surface area contributed by atoms with E-state index in [-0.39, 0.29) is 43.8 Å². The fourth-order valence-corrected chi connectivity index (χ4v) is 6.01. The molecule has 16 heteroatoms. The first-order chi connectivity index (χ1) is 18.3. The van der Waals surface area contributed by atoms with Gasteiger partial charge >= 0.3 is 13.9 Å². The number of thioether (sulfide) groups is 1. The van der Waals surface area contributed by atoms with E-state index in [1.54, 1.807) is 0 Å². The molecule has 38 heavy (non-hydrogen) atoms. The average Bonchev–Trinajstić information content (AvgIpc) is 3.41. The van der Waals surface area contributed by atoms with Gasteiger partial charge in [0.15, 0.2) is 0 Å². The van der Waals surface area contributed by atoms with Crippen molar-refractivity contribution in [3.05, 3.63) is 0 Å². The normalized spacial score (nSPS) is 21.7. The Balaban J connectivity index is 1.28. The summed E-state index contributed by atoms with van der Waals surface area (Å²) in [7, 11) is -4.67. The number of urea groups is 1. The van der Waals surface area contributed by atoms with Crippen LogP contribution in [0.2, 0.25) is 0 Å². The first-order valence-electron chi connectivity index (χ1n) is 12.9. The quantitative estimate of drug-likeness (QED) is 0.0522. The third kappa shape index (κ3) is 15.0. The zero-order valence-corrected chi connectivity index (χ0v) is 23.3. The highest BCUT2D eigenvalue weighted by Gasteiger charge is 2.42. The molecule has 2 saturated heterocycles. The van der Waals surface area contributed by atoms with Crippen LogP contribution in [-0.4, -0.2) is 122 Å². The number of hydrogen-bond acceptors (Lipinski definition) is 10. The summed E-state index contributed by atoms with van der Waals surface area (Å²) in [6.07, 6.45) is 2.94. The molecule has 14 nitrogen and oxygen atoms in total. The Morgan fingerprint density at radius 1 is 1.00 bits per heavy atom. The number of rotatable bonds is 23. The largest absolute Gasteiger partial charge is 0.470 e. The van der Waals surface area contributed by atoms with Crippen molar-refractivity contribution in [1.29, 1.82) is 0 Å². The van der Waals surface area contributed by atoms with Gasteiger partial charge in [-0.25, -0.2) is 9.36 Å². The molecule has 0 aliphatic carbocycles. The summed E-state index contributed by atoms with van der Waals surface area (Å²) in [6.45, 7) is 2.40. The Labute approximate surface area is 227 Å². The lowest BCUT2D eigenvalue weighted by Crippen LogP contribution is -2.36. The van der Waals surface area contributed by atoms with Crippen LogP contribution in [0.3, 0.4) is 0 Å². The van der Waals surface area contributed by atoms with Crippen molar-refractivity contribution < 1.29 is 52.5 Å². The van der Waals surface area contributed by atoms with Crippen molar-refractivity contribution in [3.63, 3.8) is 0 Å². The Morgan fingerprint density at radius 2 is 1.66 bits per heavy atom. The standard InChI is InChI=1S/C22H42N3O11PS/c26-14-17(36-37(29,30)31)15-35-13-12-34-11-10-33-9-8-32-7-3-6-23-20(27)5-2-1-4-19-21-18(16-38-19)24-22(28)25-21/h17-19,21,26H,1-16H2,(H,23,27)(H2,24,25,28)(H2,29,30,31). The number of hydrogen-bond donors (Lipinski definition) is 6. The minimum atomic E-state index is -4.67. The molecule has 2 aliphatic rings. The second-order valence-electron chi connectivity index (χ2n) is 8.88. The molecule has 4 atom stereocenters. The number of amides is 3. The third-order valence-electron chi connectivity index (χ3n) is 5.78. The molecule has 0 radical (unpaired) electrons. The monoisotopic (exact) mass is 587 g/mol. The number of phosphoric ester groups is 1. The van der Waals surface area contributed by atoms with E-state index in [4.69, 9.17) is 33.8 Å². The van der Waals surface area contributed by atoms with Gasteiger partial charge in [-0.3, -0.25) is 9.32 Å². The second kappa shape index (κ2) is 19.1. The number of carbonyl (C=O) groups excluding carboxylic acids is 2. The van der Waals surface area contributed by atoms with E-state index in [9.17, 15) is 14.2 Å². The molecule has 0 aromatic rings. The molecule has 0 spiro atoms. The highest BCUT2D eigenvalue weighted by molar-refractivity contribution is 8.00. The van der Waals surface area contributed by atoms with E-state index in [0.29, 0.717) is 51.2 Å². The molecule has 0 aromatic carbocycles. The van der Waals surface area contributed by atoms with Crippen molar-refractivity contribution in [2.45, 2.75) is 55.5 Å².